The van der Waals surface area contributed by atoms with Gasteiger partial charge in [0.1, 0.15) is 18.2 Å². The van der Waals surface area contributed by atoms with Gasteiger partial charge in [-0.1, -0.05) is 6.07 Å². The van der Waals surface area contributed by atoms with Crippen molar-refractivity contribution in [2.24, 2.45) is 0 Å². The number of amides is 1. The van der Waals surface area contributed by atoms with Gasteiger partial charge in [-0.2, -0.15) is 9.94 Å². The lowest BCUT2D eigenvalue weighted by Crippen LogP contribution is -2.59. The molecule has 3 aromatic rings. The summed E-state index contributed by atoms with van der Waals surface area (Å²) in [7, 11) is 0. The number of piperazine rings is 1. The minimum absolute atomic E-state index is 0.0555. The molecule has 0 radical (unpaired) electrons. The number of carbonyl (C=O) groups is 1. The van der Waals surface area contributed by atoms with Crippen LogP contribution in [0.1, 0.15) is 33.9 Å². The summed E-state index contributed by atoms with van der Waals surface area (Å²) in [5.74, 6) is 0.148. The Bertz CT molecular complexity index is 1290. The summed E-state index contributed by atoms with van der Waals surface area (Å²) in [6, 6.07) is 6.95. The van der Waals surface area contributed by atoms with Crippen molar-refractivity contribution in [3.63, 3.8) is 0 Å². The predicted molar refractivity (Wildman–Crippen MR) is 122 cm³/mol. The van der Waals surface area contributed by atoms with E-state index in [4.69, 9.17) is 4.74 Å². The molecule has 5 rings (SSSR count). The summed E-state index contributed by atoms with van der Waals surface area (Å²) in [4.78, 5) is 21.7. The maximum absolute atomic E-state index is 13.9. The highest BCUT2D eigenvalue weighted by Gasteiger charge is 2.36. The van der Waals surface area contributed by atoms with E-state index in [2.05, 4.69) is 25.4 Å². The van der Waals surface area contributed by atoms with Gasteiger partial charge in [0.05, 0.1) is 30.7 Å². The average molecular weight is 477 g/mol. The van der Waals surface area contributed by atoms with Crippen molar-refractivity contribution in [1.82, 2.24) is 35.0 Å². The molecule has 2 saturated heterocycles. The molecule has 0 bridgehead atoms. The third kappa shape index (κ3) is 4.50. The fraction of sp³-hybridized carbons (Fsp3) is 0.417. The summed E-state index contributed by atoms with van der Waals surface area (Å²) < 4.78 is 21.5. The second-order valence-corrected chi connectivity index (χ2v) is 8.96. The first kappa shape index (κ1) is 23.0. The van der Waals surface area contributed by atoms with E-state index in [9.17, 15) is 14.4 Å². The van der Waals surface area contributed by atoms with Crippen molar-refractivity contribution in [2.75, 3.05) is 32.8 Å². The molecule has 0 spiro atoms. The van der Waals surface area contributed by atoms with E-state index >= 15 is 0 Å². The number of carbonyl (C=O) groups excluding carboxylic acids is 1. The Morgan fingerprint density at radius 2 is 2.14 bits per heavy atom. The fourth-order valence-electron chi connectivity index (χ4n) is 4.80. The number of aromatic nitrogens is 5. The molecule has 35 heavy (non-hydrogen) atoms. The van der Waals surface area contributed by atoms with Crippen LogP contribution in [0.3, 0.4) is 0 Å². The summed E-state index contributed by atoms with van der Waals surface area (Å²) in [6.07, 6.45) is 3.22. The predicted octanol–water partition coefficient (Wildman–Crippen LogP) is 1.51. The number of morpholine rings is 1. The summed E-state index contributed by atoms with van der Waals surface area (Å²) in [5, 5.41) is 20.4. The van der Waals surface area contributed by atoms with E-state index in [1.54, 1.807) is 19.2 Å². The fourth-order valence-corrected chi connectivity index (χ4v) is 4.80. The molecule has 0 saturated carbocycles. The number of halogens is 1. The van der Waals surface area contributed by atoms with Crippen LogP contribution in [-0.2, 0) is 16.0 Å². The largest absolute Gasteiger partial charge is 0.370 e. The quantitative estimate of drug-likeness (QED) is 0.557. The number of ether oxygens (including phenoxy) is 1. The standard InChI is InChI=1S/C24H25FN8O2/c1-15-7-23(33-14-28-29-30-33)27-10-17(15)8-24(34)32-6-5-31-12-22(35-13-18(31)11-32)19-3-4-21(25)20(9-26)16(19)2/h3-4,7,10,14,18,22H,5-6,8,11-13H2,1-2H3. The third-order valence-electron chi connectivity index (χ3n) is 6.89. The number of benzene rings is 1. The monoisotopic (exact) mass is 476 g/mol. The molecule has 1 aromatic carbocycles. The van der Waals surface area contributed by atoms with Crippen molar-refractivity contribution >= 4 is 5.91 Å². The lowest BCUT2D eigenvalue weighted by Gasteiger charge is -2.46. The number of nitrogens with zero attached hydrogens (tertiary/aromatic N) is 8. The molecule has 4 heterocycles. The van der Waals surface area contributed by atoms with Crippen LogP contribution >= 0.6 is 0 Å². The van der Waals surface area contributed by atoms with E-state index in [0.29, 0.717) is 37.6 Å². The number of hydrogen-bond acceptors (Lipinski definition) is 8. The summed E-state index contributed by atoms with van der Waals surface area (Å²) >= 11 is 0. The lowest BCUT2D eigenvalue weighted by molar-refractivity contribution is -0.139. The number of pyridine rings is 1. The van der Waals surface area contributed by atoms with Gasteiger partial charge in [-0.25, -0.2) is 9.37 Å². The Hall–Kier alpha value is -3.75. The number of rotatable bonds is 4. The minimum atomic E-state index is -0.509. The maximum Gasteiger partial charge on any atom is 0.227 e. The van der Waals surface area contributed by atoms with Crippen LogP contribution in [0, 0.1) is 31.0 Å². The second-order valence-electron chi connectivity index (χ2n) is 8.96. The van der Waals surface area contributed by atoms with E-state index in [-0.39, 0.29) is 30.0 Å². The van der Waals surface area contributed by atoms with Gasteiger partial charge in [0.25, 0.3) is 0 Å². The molecule has 2 atom stereocenters. The summed E-state index contributed by atoms with van der Waals surface area (Å²) in [6.45, 7) is 6.77. The number of fused-ring (bicyclic) bond motifs is 1. The Balaban J connectivity index is 1.21. The molecule has 2 aliphatic rings. The highest BCUT2D eigenvalue weighted by atomic mass is 19.1. The lowest BCUT2D eigenvalue weighted by atomic mass is 9.96. The first-order valence-electron chi connectivity index (χ1n) is 11.5. The molecular weight excluding hydrogens is 451 g/mol. The molecular formula is C24H25FN8O2. The summed E-state index contributed by atoms with van der Waals surface area (Å²) in [5.41, 5.74) is 3.36. The molecule has 0 aliphatic carbocycles. The van der Waals surface area contributed by atoms with Gasteiger partial charge in [-0.3, -0.25) is 9.69 Å². The number of nitriles is 1. The van der Waals surface area contributed by atoms with E-state index in [0.717, 1.165) is 23.2 Å². The Morgan fingerprint density at radius 1 is 1.29 bits per heavy atom. The van der Waals surface area contributed by atoms with E-state index in [1.165, 1.54) is 17.1 Å². The SMILES string of the molecule is Cc1cc(-n2cnnn2)ncc1CC(=O)N1CCN2CC(c3ccc(F)c(C#N)c3C)OCC2C1. The van der Waals surface area contributed by atoms with Crippen molar-refractivity contribution in [3.05, 3.63) is 64.4 Å². The number of tetrazole rings is 1. The van der Waals surface area contributed by atoms with Gasteiger partial charge in [-0.15, -0.1) is 5.10 Å². The molecule has 11 heteroatoms. The highest BCUT2D eigenvalue weighted by Crippen LogP contribution is 2.31. The third-order valence-corrected chi connectivity index (χ3v) is 6.89. The Kier molecular flexibility index (Phi) is 6.23. The highest BCUT2D eigenvalue weighted by molar-refractivity contribution is 5.79. The van der Waals surface area contributed by atoms with Crippen LogP contribution in [0.4, 0.5) is 4.39 Å². The zero-order valence-corrected chi connectivity index (χ0v) is 19.6. The topological polar surface area (TPSA) is 113 Å². The van der Waals surface area contributed by atoms with Crippen molar-refractivity contribution in [1.29, 1.82) is 5.26 Å². The maximum atomic E-state index is 13.9. The number of hydrogen-bond donors (Lipinski definition) is 0. The number of aryl methyl sites for hydroxylation is 1. The zero-order valence-electron chi connectivity index (χ0n) is 19.6. The smallest absolute Gasteiger partial charge is 0.227 e. The molecule has 0 N–H and O–H groups in total. The minimum Gasteiger partial charge on any atom is -0.370 e. The second kappa shape index (κ2) is 9.48. The van der Waals surface area contributed by atoms with Gasteiger partial charge >= 0.3 is 0 Å². The first-order chi connectivity index (χ1) is 16.9. The van der Waals surface area contributed by atoms with Gasteiger partial charge in [0, 0.05) is 32.4 Å². The van der Waals surface area contributed by atoms with Crippen LogP contribution in [0.25, 0.3) is 5.82 Å². The Labute approximate surface area is 201 Å². The molecule has 1 amide bonds. The van der Waals surface area contributed by atoms with Crippen molar-refractivity contribution < 1.29 is 13.9 Å². The van der Waals surface area contributed by atoms with Gasteiger partial charge < -0.3 is 9.64 Å². The van der Waals surface area contributed by atoms with Crippen molar-refractivity contribution in [3.8, 4) is 11.9 Å². The first-order valence-corrected chi connectivity index (χ1v) is 11.5. The van der Waals surface area contributed by atoms with E-state index < -0.39 is 5.82 Å². The van der Waals surface area contributed by atoms with Crippen LogP contribution in [-0.4, -0.2) is 79.7 Å². The van der Waals surface area contributed by atoms with Gasteiger partial charge in [0.15, 0.2) is 5.82 Å². The molecule has 2 aliphatic heterocycles. The zero-order chi connectivity index (χ0) is 24.5. The Morgan fingerprint density at radius 3 is 2.89 bits per heavy atom. The van der Waals surface area contributed by atoms with Gasteiger partial charge in [-0.05, 0) is 58.7 Å². The normalized spacial score (nSPS) is 20.3. The van der Waals surface area contributed by atoms with E-state index in [1.807, 2.05) is 24.0 Å². The molecule has 10 nitrogen and oxygen atoms in total. The molecule has 2 aromatic heterocycles. The van der Waals surface area contributed by atoms with Crippen LogP contribution < -0.4 is 0 Å². The van der Waals surface area contributed by atoms with Gasteiger partial charge in [0.2, 0.25) is 5.91 Å². The van der Waals surface area contributed by atoms with Crippen LogP contribution in [0.5, 0.6) is 0 Å². The van der Waals surface area contributed by atoms with Crippen LogP contribution in [0.15, 0.2) is 30.7 Å². The molecule has 2 fully saturated rings. The molecule has 180 valence electrons. The van der Waals surface area contributed by atoms with Crippen LogP contribution in [0.2, 0.25) is 0 Å². The molecule has 2 unspecified atom stereocenters. The van der Waals surface area contributed by atoms with Crippen molar-refractivity contribution in [2.45, 2.75) is 32.4 Å². The average Bonchev–Trinajstić information content (AvgIpc) is 3.40.